The molecule has 1 N–H and O–H groups in total. The third kappa shape index (κ3) is 6.58. The third-order valence-corrected chi connectivity index (χ3v) is 1.73. The SMILES string of the molecule is CC(O)[C@@H](C)CC(=O)OC(C)(C)C. The number of rotatable bonds is 3. The van der Waals surface area contributed by atoms with Crippen molar-refractivity contribution in [3.8, 4) is 0 Å². The highest BCUT2D eigenvalue weighted by atomic mass is 16.6. The summed E-state index contributed by atoms with van der Waals surface area (Å²) in [6.45, 7) is 9.00. The quantitative estimate of drug-likeness (QED) is 0.686. The van der Waals surface area contributed by atoms with Crippen LogP contribution >= 0.6 is 0 Å². The Morgan fingerprint density at radius 3 is 2.15 bits per heavy atom. The van der Waals surface area contributed by atoms with Crippen LogP contribution in [0, 0.1) is 5.92 Å². The van der Waals surface area contributed by atoms with Crippen LogP contribution in [0.3, 0.4) is 0 Å². The van der Waals surface area contributed by atoms with Crippen molar-refractivity contribution in [2.45, 2.75) is 52.7 Å². The Kier molecular flexibility index (Phi) is 4.40. The molecule has 0 aromatic rings. The van der Waals surface area contributed by atoms with Gasteiger partial charge in [0.25, 0.3) is 0 Å². The van der Waals surface area contributed by atoms with E-state index in [1.54, 1.807) is 6.92 Å². The van der Waals surface area contributed by atoms with Crippen LogP contribution in [0.5, 0.6) is 0 Å². The normalized spacial score (nSPS) is 16.5. The van der Waals surface area contributed by atoms with E-state index in [0.717, 1.165) is 0 Å². The van der Waals surface area contributed by atoms with Gasteiger partial charge in [-0.05, 0) is 33.6 Å². The predicted molar refractivity (Wildman–Crippen MR) is 51.3 cm³/mol. The van der Waals surface area contributed by atoms with Crippen molar-refractivity contribution in [3.63, 3.8) is 0 Å². The first-order chi connectivity index (χ1) is 5.72. The van der Waals surface area contributed by atoms with Gasteiger partial charge in [-0.3, -0.25) is 4.79 Å². The van der Waals surface area contributed by atoms with Crippen LogP contribution in [0.2, 0.25) is 0 Å². The second kappa shape index (κ2) is 4.61. The highest BCUT2D eigenvalue weighted by molar-refractivity contribution is 5.70. The first kappa shape index (κ1) is 12.4. The molecule has 0 aliphatic heterocycles. The summed E-state index contributed by atoms with van der Waals surface area (Å²) < 4.78 is 5.11. The molecule has 2 atom stereocenters. The van der Waals surface area contributed by atoms with Gasteiger partial charge < -0.3 is 9.84 Å². The van der Waals surface area contributed by atoms with Gasteiger partial charge in [0.05, 0.1) is 12.5 Å². The zero-order valence-corrected chi connectivity index (χ0v) is 9.13. The molecule has 3 nitrogen and oxygen atoms in total. The van der Waals surface area contributed by atoms with E-state index in [-0.39, 0.29) is 18.3 Å². The molecule has 0 aliphatic rings. The van der Waals surface area contributed by atoms with E-state index in [4.69, 9.17) is 9.84 Å². The van der Waals surface area contributed by atoms with Crippen LogP contribution in [0.1, 0.15) is 41.0 Å². The molecule has 0 fully saturated rings. The molecule has 0 aliphatic carbocycles. The Bertz CT molecular complexity index is 167. The zero-order valence-electron chi connectivity index (χ0n) is 9.13. The number of carbonyl (C=O) groups excluding carboxylic acids is 1. The Hall–Kier alpha value is -0.570. The van der Waals surface area contributed by atoms with E-state index in [1.807, 2.05) is 27.7 Å². The molecule has 0 heterocycles. The summed E-state index contributed by atoms with van der Waals surface area (Å²) in [5, 5.41) is 9.16. The molecule has 0 amide bonds. The van der Waals surface area contributed by atoms with Crippen LogP contribution in [0.4, 0.5) is 0 Å². The maximum Gasteiger partial charge on any atom is 0.306 e. The smallest absolute Gasteiger partial charge is 0.306 e. The minimum absolute atomic E-state index is 0.0464. The number of esters is 1. The molecule has 3 heteroatoms. The van der Waals surface area contributed by atoms with Crippen LogP contribution in [-0.4, -0.2) is 22.8 Å². The van der Waals surface area contributed by atoms with Crippen molar-refractivity contribution >= 4 is 5.97 Å². The van der Waals surface area contributed by atoms with Gasteiger partial charge in [-0.2, -0.15) is 0 Å². The van der Waals surface area contributed by atoms with E-state index in [1.165, 1.54) is 0 Å². The standard InChI is InChI=1S/C10H20O3/c1-7(8(2)11)6-9(12)13-10(3,4)5/h7-8,11H,6H2,1-5H3/t7-,8?/m0/s1. The molecule has 78 valence electrons. The molecule has 0 bridgehead atoms. The molecule has 0 saturated heterocycles. The van der Waals surface area contributed by atoms with Gasteiger partial charge >= 0.3 is 5.97 Å². The minimum atomic E-state index is -0.465. The lowest BCUT2D eigenvalue weighted by Crippen LogP contribution is -2.26. The molecular weight excluding hydrogens is 168 g/mol. The number of aliphatic hydroxyl groups is 1. The van der Waals surface area contributed by atoms with Crippen LogP contribution in [0.25, 0.3) is 0 Å². The molecule has 0 saturated carbocycles. The van der Waals surface area contributed by atoms with Gasteiger partial charge in [-0.25, -0.2) is 0 Å². The summed E-state index contributed by atoms with van der Waals surface area (Å²) in [4.78, 5) is 11.2. The highest BCUT2D eigenvalue weighted by Gasteiger charge is 2.20. The predicted octanol–water partition coefficient (Wildman–Crippen LogP) is 1.74. The molecule has 0 spiro atoms. The fourth-order valence-electron chi connectivity index (χ4n) is 0.817. The molecule has 13 heavy (non-hydrogen) atoms. The van der Waals surface area contributed by atoms with Gasteiger partial charge in [-0.1, -0.05) is 6.92 Å². The lowest BCUT2D eigenvalue weighted by molar-refractivity contribution is -0.156. The second-order valence-electron chi connectivity index (χ2n) is 4.51. The zero-order chi connectivity index (χ0) is 10.6. The summed E-state index contributed by atoms with van der Waals surface area (Å²) in [6.07, 6.45) is -0.193. The lowest BCUT2D eigenvalue weighted by Gasteiger charge is -2.21. The number of carbonyl (C=O) groups is 1. The van der Waals surface area contributed by atoms with Crippen LogP contribution in [-0.2, 0) is 9.53 Å². The Balaban J connectivity index is 3.89. The van der Waals surface area contributed by atoms with E-state index in [2.05, 4.69) is 0 Å². The highest BCUT2D eigenvalue weighted by Crippen LogP contribution is 2.13. The monoisotopic (exact) mass is 188 g/mol. The fraction of sp³-hybridized carbons (Fsp3) is 0.900. The summed E-state index contributed by atoms with van der Waals surface area (Å²) in [6, 6.07) is 0. The van der Waals surface area contributed by atoms with Gasteiger partial charge in [0.2, 0.25) is 0 Å². The minimum Gasteiger partial charge on any atom is -0.460 e. The molecule has 1 unspecified atom stereocenters. The molecule has 0 radical (unpaired) electrons. The second-order valence-corrected chi connectivity index (χ2v) is 4.51. The summed E-state index contributed by atoms with van der Waals surface area (Å²) in [7, 11) is 0. The van der Waals surface area contributed by atoms with Gasteiger partial charge in [0, 0.05) is 0 Å². The molecule has 0 aromatic carbocycles. The summed E-state index contributed by atoms with van der Waals surface area (Å²) in [5.74, 6) is -0.296. The third-order valence-electron chi connectivity index (χ3n) is 1.73. The largest absolute Gasteiger partial charge is 0.460 e. The average molecular weight is 188 g/mol. The lowest BCUT2D eigenvalue weighted by atomic mass is 10.0. The number of ether oxygens (including phenoxy) is 1. The van der Waals surface area contributed by atoms with E-state index < -0.39 is 11.7 Å². The van der Waals surface area contributed by atoms with Gasteiger partial charge in [0.15, 0.2) is 0 Å². The van der Waals surface area contributed by atoms with Crippen LogP contribution < -0.4 is 0 Å². The molecule has 0 aromatic heterocycles. The Labute approximate surface area is 80.1 Å². The maximum atomic E-state index is 11.2. The summed E-state index contributed by atoms with van der Waals surface area (Å²) >= 11 is 0. The number of hydrogen-bond acceptors (Lipinski definition) is 3. The van der Waals surface area contributed by atoms with Gasteiger partial charge in [0.1, 0.15) is 5.60 Å². The molecular formula is C10H20O3. The van der Waals surface area contributed by atoms with Crippen molar-refractivity contribution in [1.29, 1.82) is 0 Å². The van der Waals surface area contributed by atoms with E-state index in [9.17, 15) is 4.79 Å². The topological polar surface area (TPSA) is 46.5 Å². The van der Waals surface area contributed by atoms with Crippen molar-refractivity contribution in [2.75, 3.05) is 0 Å². The van der Waals surface area contributed by atoms with E-state index >= 15 is 0 Å². The maximum absolute atomic E-state index is 11.2. The first-order valence-electron chi connectivity index (χ1n) is 4.62. The van der Waals surface area contributed by atoms with Crippen molar-refractivity contribution in [2.24, 2.45) is 5.92 Å². The number of hydrogen-bond donors (Lipinski definition) is 1. The van der Waals surface area contributed by atoms with Crippen LogP contribution in [0.15, 0.2) is 0 Å². The van der Waals surface area contributed by atoms with E-state index in [0.29, 0.717) is 0 Å². The van der Waals surface area contributed by atoms with Crippen molar-refractivity contribution < 1.29 is 14.6 Å². The first-order valence-corrected chi connectivity index (χ1v) is 4.62. The van der Waals surface area contributed by atoms with Gasteiger partial charge in [-0.15, -0.1) is 0 Å². The molecule has 0 rings (SSSR count). The summed E-state index contributed by atoms with van der Waals surface area (Å²) in [5.41, 5.74) is -0.435. The van der Waals surface area contributed by atoms with Crippen molar-refractivity contribution in [3.05, 3.63) is 0 Å². The fourth-order valence-corrected chi connectivity index (χ4v) is 0.817. The van der Waals surface area contributed by atoms with Crippen molar-refractivity contribution in [1.82, 2.24) is 0 Å². The average Bonchev–Trinajstić information content (AvgIpc) is 1.81. The Morgan fingerprint density at radius 1 is 1.38 bits per heavy atom. The number of aliphatic hydroxyl groups excluding tert-OH is 1. The Morgan fingerprint density at radius 2 is 1.85 bits per heavy atom.